The van der Waals surface area contributed by atoms with Crippen LogP contribution in [0.2, 0.25) is 0 Å². The zero-order valence-corrected chi connectivity index (χ0v) is 21.3. The second-order valence-corrected chi connectivity index (χ2v) is 10.8. The maximum Gasteiger partial charge on any atom is 0.176 e. The van der Waals surface area contributed by atoms with Gasteiger partial charge in [0.2, 0.25) is 0 Å². The van der Waals surface area contributed by atoms with Gasteiger partial charge in [-0.25, -0.2) is 4.98 Å². The Hall–Kier alpha value is -3.45. The second kappa shape index (κ2) is 8.64. The van der Waals surface area contributed by atoms with E-state index < -0.39 is 5.41 Å². The van der Waals surface area contributed by atoms with Crippen molar-refractivity contribution in [3.63, 3.8) is 0 Å². The van der Waals surface area contributed by atoms with Crippen molar-refractivity contribution in [3.8, 4) is 17.5 Å². The highest BCUT2D eigenvalue weighted by molar-refractivity contribution is 6.02. The Labute approximate surface area is 208 Å². The molecule has 1 aromatic heterocycles. The van der Waals surface area contributed by atoms with E-state index in [9.17, 15) is 10.1 Å². The number of ketones is 1. The lowest BCUT2D eigenvalue weighted by molar-refractivity contribution is -0.121. The Bertz CT molecular complexity index is 1350. The third kappa shape index (κ3) is 3.84. The van der Waals surface area contributed by atoms with Crippen molar-refractivity contribution in [1.29, 1.82) is 5.26 Å². The van der Waals surface area contributed by atoms with Crippen LogP contribution < -0.4 is 0 Å². The van der Waals surface area contributed by atoms with E-state index in [-0.39, 0.29) is 23.2 Å². The minimum atomic E-state index is -0.433. The van der Waals surface area contributed by atoms with E-state index in [0.29, 0.717) is 5.92 Å². The molecule has 0 bridgehead atoms. The molecule has 2 aromatic carbocycles. The SMILES string of the molecule is Cc1ccc(Cn2c(-c3ccc(C(C)C)cc3)nc3c2CC[C@@H]2[C@@H](C)C(=O)C(C#N)=C[C@@]32C)cc1. The third-order valence-electron chi connectivity index (χ3n) is 8.19. The maximum absolute atomic E-state index is 12.8. The van der Waals surface area contributed by atoms with Crippen LogP contribution in [0.1, 0.15) is 68.1 Å². The minimum absolute atomic E-state index is 0.0259. The molecule has 0 radical (unpaired) electrons. The average Bonchev–Trinajstić information content (AvgIpc) is 3.22. The number of aryl methyl sites for hydroxylation is 1. The monoisotopic (exact) mass is 463 g/mol. The van der Waals surface area contributed by atoms with E-state index >= 15 is 0 Å². The smallest absolute Gasteiger partial charge is 0.176 e. The number of benzene rings is 2. The molecule has 5 rings (SSSR count). The van der Waals surface area contributed by atoms with Crippen LogP contribution in [0.4, 0.5) is 0 Å². The summed E-state index contributed by atoms with van der Waals surface area (Å²) in [6.07, 6.45) is 3.70. The molecule has 4 nitrogen and oxygen atoms in total. The number of carbonyl (C=O) groups excluding carboxylic acids is 1. The number of allylic oxidation sites excluding steroid dienone is 2. The predicted octanol–water partition coefficient (Wildman–Crippen LogP) is 6.52. The first-order chi connectivity index (χ1) is 16.7. The molecule has 1 heterocycles. The van der Waals surface area contributed by atoms with Crippen LogP contribution in [-0.4, -0.2) is 15.3 Å². The Morgan fingerprint density at radius 3 is 2.46 bits per heavy atom. The molecule has 2 aliphatic rings. The Balaban J connectivity index is 1.69. The van der Waals surface area contributed by atoms with Crippen LogP contribution in [0.3, 0.4) is 0 Å². The van der Waals surface area contributed by atoms with Gasteiger partial charge in [-0.1, -0.05) is 87.9 Å². The van der Waals surface area contributed by atoms with Gasteiger partial charge in [-0.05, 0) is 42.7 Å². The van der Waals surface area contributed by atoms with Gasteiger partial charge in [0.15, 0.2) is 5.78 Å². The normalized spacial score (nSPS) is 23.5. The van der Waals surface area contributed by atoms with Crippen LogP contribution in [0.25, 0.3) is 11.4 Å². The number of carbonyl (C=O) groups is 1. The van der Waals surface area contributed by atoms with Crippen LogP contribution >= 0.6 is 0 Å². The van der Waals surface area contributed by atoms with E-state index in [2.05, 4.69) is 86.9 Å². The molecule has 3 atom stereocenters. The van der Waals surface area contributed by atoms with E-state index in [0.717, 1.165) is 36.5 Å². The zero-order chi connectivity index (χ0) is 24.9. The number of fused-ring (bicyclic) bond motifs is 3. The van der Waals surface area contributed by atoms with Crippen molar-refractivity contribution >= 4 is 5.78 Å². The quantitative estimate of drug-likeness (QED) is 0.443. The largest absolute Gasteiger partial charge is 0.323 e. The van der Waals surface area contributed by atoms with Gasteiger partial charge >= 0.3 is 0 Å². The Morgan fingerprint density at radius 1 is 1.14 bits per heavy atom. The number of hydrogen-bond donors (Lipinski definition) is 0. The summed E-state index contributed by atoms with van der Waals surface area (Å²) in [6, 6.07) is 19.6. The fraction of sp³-hybridized carbons (Fsp3) is 0.387. The lowest BCUT2D eigenvalue weighted by Gasteiger charge is -2.44. The summed E-state index contributed by atoms with van der Waals surface area (Å²) in [4.78, 5) is 18.1. The van der Waals surface area contributed by atoms with Crippen LogP contribution in [0.5, 0.6) is 0 Å². The number of imidazole rings is 1. The van der Waals surface area contributed by atoms with Crippen molar-refractivity contribution in [1.82, 2.24) is 9.55 Å². The molecule has 0 N–H and O–H groups in total. The van der Waals surface area contributed by atoms with Gasteiger partial charge in [-0.3, -0.25) is 4.79 Å². The first-order valence-corrected chi connectivity index (χ1v) is 12.7. The highest BCUT2D eigenvalue weighted by Gasteiger charge is 2.50. The predicted molar refractivity (Wildman–Crippen MR) is 139 cm³/mol. The van der Waals surface area contributed by atoms with Gasteiger partial charge in [0, 0.05) is 29.1 Å². The summed E-state index contributed by atoms with van der Waals surface area (Å²) in [5, 5.41) is 9.69. The van der Waals surface area contributed by atoms with Gasteiger partial charge < -0.3 is 4.57 Å². The molecule has 0 fully saturated rings. The van der Waals surface area contributed by atoms with Crippen LogP contribution in [0, 0.1) is 30.1 Å². The topological polar surface area (TPSA) is 58.7 Å². The summed E-state index contributed by atoms with van der Waals surface area (Å²) >= 11 is 0. The summed E-state index contributed by atoms with van der Waals surface area (Å²) in [5.41, 5.74) is 6.99. The lowest BCUT2D eigenvalue weighted by Crippen LogP contribution is -2.45. The molecule has 0 aliphatic heterocycles. The molecule has 0 saturated heterocycles. The van der Waals surface area contributed by atoms with Crippen LogP contribution in [-0.2, 0) is 23.2 Å². The maximum atomic E-state index is 12.8. The highest BCUT2D eigenvalue weighted by Crippen LogP contribution is 2.50. The minimum Gasteiger partial charge on any atom is -0.323 e. The number of nitrogens with zero attached hydrogens (tertiary/aromatic N) is 3. The molecule has 0 amide bonds. The molecule has 0 spiro atoms. The second-order valence-electron chi connectivity index (χ2n) is 10.8. The molecular formula is C31H33N3O. The average molecular weight is 464 g/mol. The zero-order valence-electron chi connectivity index (χ0n) is 21.3. The van der Waals surface area contributed by atoms with Crippen molar-refractivity contribution in [3.05, 3.63) is 88.3 Å². The van der Waals surface area contributed by atoms with Crippen LogP contribution in [0.15, 0.2) is 60.2 Å². The van der Waals surface area contributed by atoms with E-state index in [1.54, 1.807) is 0 Å². The van der Waals surface area contributed by atoms with Gasteiger partial charge in [0.25, 0.3) is 0 Å². The van der Waals surface area contributed by atoms with Crippen molar-refractivity contribution in [2.45, 2.75) is 65.3 Å². The summed E-state index contributed by atoms with van der Waals surface area (Å²) in [5.74, 6) is 1.38. The third-order valence-corrected chi connectivity index (χ3v) is 8.19. The molecule has 0 saturated carbocycles. The standard InChI is InChI=1S/C31H33N3O/c1-19(2)23-10-12-24(13-11-23)30-33-29-27(34(30)18-22-8-6-20(3)7-9-22)15-14-26-21(4)28(35)25(17-32)16-31(26,29)5/h6-13,16,19,21,26H,14-15,18H2,1-5H3/t21-,26-,31-/m1/s1. The van der Waals surface area contributed by atoms with Crippen molar-refractivity contribution in [2.75, 3.05) is 0 Å². The van der Waals surface area contributed by atoms with Gasteiger partial charge in [0.1, 0.15) is 11.9 Å². The molecule has 35 heavy (non-hydrogen) atoms. The van der Waals surface area contributed by atoms with Gasteiger partial charge in [-0.15, -0.1) is 0 Å². The molecule has 2 aliphatic carbocycles. The number of rotatable bonds is 4. The molecule has 4 heteroatoms. The number of nitriles is 1. The lowest BCUT2D eigenvalue weighted by atomic mass is 9.58. The molecule has 3 aromatic rings. The van der Waals surface area contributed by atoms with Gasteiger partial charge in [0.05, 0.1) is 11.3 Å². The molecule has 0 unspecified atom stereocenters. The number of Topliss-reactive ketones (excluding diaryl/α,β-unsaturated/α-hetero) is 1. The summed E-state index contributed by atoms with van der Waals surface area (Å²) in [6.45, 7) is 11.4. The molecule has 178 valence electrons. The fourth-order valence-electron chi connectivity index (χ4n) is 6.05. The van der Waals surface area contributed by atoms with Crippen molar-refractivity contribution in [2.24, 2.45) is 11.8 Å². The number of aromatic nitrogens is 2. The number of hydrogen-bond acceptors (Lipinski definition) is 3. The summed E-state index contributed by atoms with van der Waals surface area (Å²) < 4.78 is 2.37. The van der Waals surface area contributed by atoms with E-state index in [1.165, 1.54) is 22.4 Å². The Morgan fingerprint density at radius 2 is 1.83 bits per heavy atom. The van der Waals surface area contributed by atoms with Gasteiger partial charge in [-0.2, -0.15) is 5.26 Å². The van der Waals surface area contributed by atoms with Crippen molar-refractivity contribution < 1.29 is 4.79 Å². The Kier molecular flexibility index (Phi) is 5.75. The van der Waals surface area contributed by atoms with E-state index in [4.69, 9.17) is 4.98 Å². The summed E-state index contributed by atoms with van der Waals surface area (Å²) in [7, 11) is 0. The highest BCUT2D eigenvalue weighted by atomic mass is 16.1. The first kappa shape index (κ1) is 23.3. The van der Waals surface area contributed by atoms with E-state index in [1.807, 2.05) is 13.0 Å². The molecular weight excluding hydrogens is 430 g/mol. The fourth-order valence-corrected chi connectivity index (χ4v) is 6.05. The first-order valence-electron chi connectivity index (χ1n) is 12.7.